The molecule has 2 aliphatic heterocycles. The maximum Gasteiger partial charge on any atom is 0.321 e. The van der Waals surface area contributed by atoms with Gasteiger partial charge in [-0.2, -0.15) is 0 Å². The molecule has 146 valence electrons. The maximum atomic E-state index is 12.8. The van der Waals surface area contributed by atoms with Crippen molar-refractivity contribution >= 4 is 17.6 Å². The Morgan fingerprint density at radius 3 is 2.43 bits per heavy atom. The molecule has 0 saturated carbocycles. The van der Waals surface area contributed by atoms with E-state index in [-0.39, 0.29) is 11.9 Å². The van der Waals surface area contributed by atoms with E-state index < -0.39 is 0 Å². The maximum absolute atomic E-state index is 12.8. The zero-order chi connectivity index (χ0) is 19.3. The number of hydrogen-bond donors (Lipinski definition) is 1. The average Bonchev–Trinajstić information content (AvgIpc) is 2.97. The summed E-state index contributed by atoms with van der Waals surface area (Å²) in [5.74, 6) is 0.347. The molecule has 1 aromatic heterocycles. The predicted octanol–water partition coefficient (Wildman–Crippen LogP) is 3.73. The first-order chi connectivity index (χ1) is 13.7. The number of rotatable bonds is 3. The molecule has 1 aromatic carbocycles. The smallest absolute Gasteiger partial charge is 0.321 e. The zero-order valence-electron chi connectivity index (χ0n) is 16.0. The van der Waals surface area contributed by atoms with Crippen molar-refractivity contribution in [2.24, 2.45) is 0 Å². The van der Waals surface area contributed by atoms with Gasteiger partial charge >= 0.3 is 6.03 Å². The van der Waals surface area contributed by atoms with Gasteiger partial charge in [-0.15, -0.1) is 0 Å². The van der Waals surface area contributed by atoms with E-state index >= 15 is 0 Å². The third kappa shape index (κ3) is 4.16. The van der Waals surface area contributed by atoms with Gasteiger partial charge in [0.2, 0.25) is 0 Å². The minimum atomic E-state index is -0.133. The first-order valence-electron chi connectivity index (χ1n) is 10.1. The monoisotopic (exact) mass is 378 g/mol. The molecule has 3 heterocycles. The van der Waals surface area contributed by atoms with E-state index in [1.165, 1.54) is 12.8 Å². The molecular formula is C22H26N4O2. The minimum absolute atomic E-state index is 0.0529. The molecule has 1 N–H and O–H groups in total. The summed E-state index contributed by atoms with van der Waals surface area (Å²) in [5.41, 5.74) is 2.32. The zero-order valence-corrected chi connectivity index (χ0v) is 16.0. The Morgan fingerprint density at radius 1 is 0.929 bits per heavy atom. The predicted molar refractivity (Wildman–Crippen MR) is 108 cm³/mol. The Balaban J connectivity index is 1.34. The first kappa shape index (κ1) is 18.5. The average molecular weight is 378 g/mol. The number of urea groups is 1. The lowest BCUT2D eigenvalue weighted by molar-refractivity contribution is 0.0761. The highest BCUT2D eigenvalue weighted by molar-refractivity contribution is 5.97. The van der Waals surface area contributed by atoms with Crippen LogP contribution in [0.2, 0.25) is 0 Å². The Labute approximate surface area is 165 Å². The summed E-state index contributed by atoms with van der Waals surface area (Å²) in [6.07, 6.45) is 6.29. The van der Waals surface area contributed by atoms with Crippen LogP contribution >= 0.6 is 0 Å². The molecule has 3 amide bonds. The topological polar surface area (TPSA) is 65.5 Å². The molecule has 0 unspecified atom stereocenters. The third-order valence-corrected chi connectivity index (χ3v) is 5.53. The lowest BCUT2D eigenvalue weighted by atomic mass is 9.96. The van der Waals surface area contributed by atoms with Crippen molar-refractivity contribution in [2.75, 3.05) is 31.5 Å². The molecule has 0 bridgehead atoms. The van der Waals surface area contributed by atoms with Crippen LogP contribution < -0.4 is 5.32 Å². The van der Waals surface area contributed by atoms with Crippen LogP contribution in [-0.2, 0) is 0 Å². The molecule has 0 atom stereocenters. The lowest BCUT2D eigenvalue weighted by Gasteiger charge is -2.38. The number of aromatic nitrogens is 1. The van der Waals surface area contributed by atoms with E-state index in [4.69, 9.17) is 0 Å². The van der Waals surface area contributed by atoms with Gasteiger partial charge in [0.15, 0.2) is 0 Å². The van der Waals surface area contributed by atoms with E-state index in [1.807, 2.05) is 41.3 Å². The Bertz CT molecular complexity index is 825. The fraction of sp³-hybridized carbons (Fsp3) is 0.409. The summed E-state index contributed by atoms with van der Waals surface area (Å²) in [7, 11) is 0. The quantitative estimate of drug-likeness (QED) is 0.885. The van der Waals surface area contributed by atoms with Gasteiger partial charge in [0.1, 0.15) is 0 Å². The van der Waals surface area contributed by atoms with E-state index in [0.717, 1.165) is 31.6 Å². The molecule has 0 aliphatic carbocycles. The second-order valence-corrected chi connectivity index (χ2v) is 7.57. The van der Waals surface area contributed by atoms with Crippen LogP contribution in [0.1, 0.15) is 47.7 Å². The van der Waals surface area contributed by atoms with E-state index in [0.29, 0.717) is 30.3 Å². The van der Waals surface area contributed by atoms with Gasteiger partial charge in [0.05, 0.1) is 0 Å². The van der Waals surface area contributed by atoms with E-state index in [2.05, 4.69) is 10.3 Å². The third-order valence-electron chi connectivity index (χ3n) is 5.53. The minimum Gasteiger partial charge on any atom is -0.339 e. The van der Waals surface area contributed by atoms with Crippen molar-refractivity contribution in [2.45, 2.75) is 31.6 Å². The highest BCUT2D eigenvalue weighted by Gasteiger charge is 2.32. The number of hydrogen-bond acceptors (Lipinski definition) is 3. The lowest BCUT2D eigenvalue weighted by Crippen LogP contribution is -2.50. The van der Waals surface area contributed by atoms with Crippen LogP contribution in [-0.4, -0.2) is 52.9 Å². The number of carbonyl (C=O) groups is 2. The van der Waals surface area contributed by atoms with Crippen LogP contribution in [0.25, 0.3) is 0 Å². The van der Waals surface area contributed by atoms with Crippen LogP contribution in [0.4, 0.5) is 10.5 Å². The fourth-order valence-electron chi connectivity index (χ4n) is 3.84. The van der Waals surface area contributed by atoms with Gasteiger partial charge in [-0.25, -0.2) is 4.79 Å². The molecule has 2 aliphatic rings. The van der Waals surface area contributed by atoms with Gasteiger partial charge in [-0.1, -0.05) is 25.0 Å². The van der Waals surface area contributed by atoms with Crippen LogP contribution in [0.15, 0.2) is 48.7 Å². The van der Waals surface area contributed by atoms with Crippen molar-refractivity contribution < 1.29 is 9.59 Å². The summed E-state index contributed by atoms with van der Waals surface area (Å²) in [4.78, 5) is 33.3. The Kier molecular flexibility index (Phi) is 5.55. The van der Waals surface area contributed by atoms with Crippen molar-refractivity contribution in [3.8, 4) is 0 Å². The number of nitrogens with one attached hydrogen (secondary N) is 1. The number of anilines is 1. The summed E-state index contributed by atoms with van der Waals surface area (Å²) in [6, 6.07) is 13.0. The number of amides is 3. The number of likely N-dealkylation sites (tertiary alicyclic amines) is 2. The molecule has 28 heavy (non-hydrogen) atoms. The fourth-order valence-corrected chi connectivity index (χ4v) is 3.84. The second kappa shape index (κ2) is 8.42. The van der Waals surface area contributed by atoms with Gasteiger partial charge in [0.25, 0.3) is 5.91 Å². The normalized spacial score (nSPS) is 17.6. The summed E-state index contributed by atoms with van der Waals surface area (Å²) in [5, 5.41) is 2.92. The Morgan fingerprint density at radius 2 is 1.71 bits per heavy atom. The van der Waals surface area contributed by atoms with Crippen LogP contribution in [0.3, 0.4) is 0 Å². The molecule has 0 radical (unpaired) electrons. The highest BCUT2D eigenvalue weighted by Crippen LogP contribution is 2.26. The molecule has 2 fully saturated rings. The summed E-state index contributed by atoms with van der Waals surface area (Å²) >= 11 is 0. The first-order valence-corrected chi connectivity index (χ1v) is 10.1. The van der Waals surface area contributed by atoms with Gasteiger partial charge in [-0.05, 0) is 43.2 Å². The summed E-state index contributed by atoms with van der Waals surface area (Å²) in [6.45, 7) is 2.96. The van der Waals surface area contributed by atoms with Crippen LogP contribution in [0.5, 0.6) is 0 Å². The standard InChI is InChI=1S/C22H26N4O2/c27-21(25-12-5-1-2-6-13-25)17-8-7-9-19(14-17)24-22(28)26-15-18(16-26)20-10-3-4-11-23-20/h3-4,7-11,14,18H,1-2,5-6,12-13,15-16H2,(H,24,28). The SMILES string of the molecule is O=C(Nc1cccc(C(=O)N2CCCCCC2)c1)N1CC(c2ccccn2)C1. The second-order valence-electron chi connectivity index (χ2n) is 7.57. The van der Waals surface area contributed by atoms with Gasteiger partial charge < -0.3 is 15.1 Å². The van der Waals surface area contributed by atoms with Crippen molar-refractivity contribution in [1.82, 2.24) is 14.8 Å². The van der Waals surface area contributed by atoms with Crippen molar-refractivity contribution in [1.29, 1.82) is 0 Å². The van der Waals surface area contributed by atoms with Crippen molar-refractivity contribution in [3.05, 3.63) is 59.9 Å². The largest absolute Gasteiger partial charge is 0.339 e. The van der Waals surface area contributed by atoms with E-state index in [1.54, 1.807) is 17.2 Å². The van der Waals surface area contributed by atoms with Crippen LogP contribution in [0, 0.1) is 0 Å². The Hall–Kier alpha value is -2.89. The molecule has 6 heteroatoms. The molecule has 6 nitrogen and oxygen atoms in total. The van der Waals surface area contributed by atoms with Crippen molar-refractivity contribution in [3.63, 3.8) is 0 Å². The number of benzene rings is 1. The van der Waals surface area contributed by atoms with E-state index in [9.17, 15) is 9.59 Å². The van der Waals surface area contributed by atoms with Gasteiger partial charge in [-0.3, -0.25) is 9.78 Å². The number of nitrogens with zero attached hydrogens (tertiary/aromatic N) is 3. The van der Waals surface area contributed by atoms with Gasteiger partial charge in [0, 0.05) is 55.2 Å². The molecule has 2 saturated heterocycles. The molecule has 0 spiro atoms. The number of carbonyl (C=O) groups excluding carboxylic acids is 2. The highest BCUT2D eigenvalue weighted by atomic mass is 16.2. The molecular weight excluding hydrogens is 352 g/mol. The molecule has 2 aromatic rings. The summed E-state index contributed by atoms with van der Waals surface area (Å²) < 4.78 is 0. The number of pyridine rings is 1. The molecule has 4 rings (SSSR count).